The molecule has 0 amide bonds. The zero-order chi connectivity index (χ0) is 13.8. The first kappa shape index (κ1) is 13.1. The Morgan fingerprint density at radius 1 is 1.26 bits per heavy atom. The molecule has 0 aliphatic heterocycles. The van der Waals surface area contributed by atoms with Crippen LogP contribution in [0.3, 0.4) is 0 Å². The SMILES string of the molecule is COC(=O)c1ccn(Cc2ccc(C)cc2)c1C=O. The van der Waals surface area contributed by atoms with Crippen LogP contribution < -0.4 is 0 Å². The summed E-state index contributed by atoms with van der Waals surface area (Å²) in [5.41, 5.74) is 2.89. The van der Waals surface area contributed by atoms with E-state index in [-0.39, 0.29) is 0 Å². The maximum atomic E-state index is 11.5. The molecule has 1 aromatic carbocycles. The molecule has 4 nitrogen and oxygen atoms in total. The summed E-state index contributed by atoms with van der Waals surface area (Å²) in [7, 11) is 1.30. The minimum Gasteiger partial charge on any atom is -0.465 e. The van der Waals surface area contributed by atoms with Gasteiger partial charge in [0.25, 0.3) is 0 Å². The molecule has 1 heterocycles. The molecule has 0 spiro atoms. The van der Waals surface area contributed by atoms with Gasteiger partial charge in [-0.2, -0.15) is 0 Å². The number of carbonyl (C=O) groups excluding carboxylic acids is 2. The van der Waals surface area contributed by atoms with Crippen LogP contribution in [0.1, 0.15) is 32.0 Å². The largest absolute Gasteiger partial charge is 0.465 e. The molecule has 0 aliphatic carbocycles. The molecule has 0 fully saturated rings. The predicted octanol–water partition coefficient (Wildman–Crippen LogP) is 2.44. The highest BCUT2D eigenvalue weighted by Crippen LogP contribution is 2.13. The van der Waals surface area contributed by atoms with Crippen molar-refractivity contribution in [2.45, 2.75) is 13.5 Å². The summed E-state index contributed by atoms with van der Waals surface area (Å²) in [6.07, 6.45) is 2.40. The summed E-state index contributed by atoms with van der Waals surface area (Å²) in [6.45, 7) is 2.57. The Morgan fingerprint density at radius 2 is 1.95 bits per heavy atom. The number of hydrogen-bond acceptors (Lipinski definition) is 3. The van der Waals surface area contributed by atoms with E-state index in [4.69, 9.17) is 0 Å². The van der Waals surface area contributed by atoms with Gasteiger partial charge in [0.1, 0.15) is 0 Å². The standard InChI is InChI=1S/C15H15NO3/c1-11-3-5-12(6-4-11)9-16-8-7-13(14(16)10-17)15(18)19-2/h3-8,10H,9H2,1-2H3. The highest BCUT2D eigenvalue weighted by atomic mass is 16.5. The Bertz CT molecular complexity index is 596. The van der Waals surface area contributed by atoms with Crippen molar-refractivity contribution in [1.29, 1.82) is 0 Å². The fourth-order valence-electron chi connectivity index (χ4n) is 1.93. The van der Waals surface area contributed by atoms with E-state index >= 15 is 0 Å². The van der Waals surface area contributed by atoms with Crippen LogP contribution in [-0.4, -0.2) is 23.9 Å². The predicted molar refractivity (Wildman–Crippen MR) is 71.4 cm³/mol. The van der Waals surface area contributed by atoms with Crippen LogP contribution in [0.25, 0.3) is 0 Å². The van der Waals surface area contributed by atoms with E-state index < -0.39 is 5.97 Å². The van der Waals surface area contributed by atoms with Crippen molar-refractivity contribution in [2.75, 3.05) is 7.11 Å². The lowest BCUT2D eigenvalue weighted by molar-refractivity contribution is 0.0598. The second-order valence-corrected chi connectivity index (χ2v) is 4.34. The van der Waals surface area contributed by atoms with Gasteiger partial charge in [-0.3, -0.25) is 4.79 Å². The fourth-order valence-corrected chi connectivity index (χ4v) is 1.93. The van der Waals surface area contributed by atoms with Crippen molar-refractivity contribution in [1.82, 2.24) is 4.57 Å². The molecule has 19 heavy (non-hydrogen) atoms. The van der Waals surface area contributed by atoms with Gasteiger partial charge >= 0.3 is 5.97 Å². The second-order valence-electron chi connectivity index (χ2n) is 4.34. The second kappa shape index (κ2) is 5.52. The van der Waals surface area contributed by atoms with Crippen molar-refractivity contribution in [3.63, 3.8) is 0 Å². The van der Waals surface area contributed by atoms with E-state index in [1.807, 2.05) is 31.2 Å². The van der Waals surface area contributed by atoms with Crippen LogP contribution >= 0.6 is 0 Å². The summed E-state index contributed by atoms with van der Waals surface area (Å²) >= 11 is 0. The summed E-state index contributed by atoms with van der Waals surface area (Å²) in [5.74, 6) is -0.496. The Labute approximate surface area is 111 Å². The van der Waals surface area contributed by atoms with Gasteiger partial charge in [-0.25, -0.2) is 4.79 Å². The lowest BCUT2D eigenvalue weighted by Crippen LogP contribution is -2.08. The van der Waals surface area contributed by atoms with Crippen LogP contribution in [0.4, 0.5) is 0 Å². The normalized spacial score (nSPS) is 10.2. The third-order valence-electron chi connectivity index (χ3n) is 3.00. The maximum Gasteiger partial charge on any atom is 0.340 e. The van der Waals surface area contributed by atoms with Gasteiger partial charge in [-0.1, -0.05) is 29.8 Å². The van der Waals surface area contributed by atoms with Gasteiger partial charge in [0.2, 0.25) is 0 Å². The first-order chi connectivity index (χ1) is 9.15. The molecule has 98 valence electrons. The molecule has 2 aromatic rings. The molecular formula is C15H15NO3. The van der Waals surface area contributed by atoms with Crippen molar-refractivity contribution in [3.05, 3.63) is 58.9 Å². The number of ether oxygens (including phenoxy) is 1. The number of aryl methyl sites for hydroxylation is 1. The van der Waals surface area contributed by atoms with Crippen molar-refractivity contribution in [2.24, 2.45) is 0 Å². The fraction of sp³-hybridized carbons (Fsp3) is 0.200. The molecule has 0 unspecified atom stereocenters. The van der Waals surface area contributed by atoms with Gasteiger partial charge in [0.15, 0.2) is 6.29 Å². The number of hydrogen-bond donors (Lipinski definition) is 0. The molecule has 1 aromatic heterocycles. The van der Waals surface area contributed by atoms with Gasteiger partial charge in [-0.05, 0) is 18.6 Å². The Hall–Kier alpha value is -2.36. The third kappa shape index (κ3) is 2.73. The zero-order valence-electron chi connectivity index (χ0n) is 10.9. The van der Waals surface area contributed by atoms with Crippen molar-refractivity contribution >= 4 is 12.3 Å². The molecule has 4 heteroatoms. The van der Waals surface area contributed by atoms with E-state index in [0.29, 0.717) is 24.1 Å². The molecule has 0 saturated carbocycles. The van der Waals surface area contributed by atoms with Crippen LogP contribution in [0.15, 0.2) is 36.5 Å². The van der Waals surface area contributed by atoms with Crippen LogP contribution in [0.2, 0.25) is 0 Å². The summed E-state index contributed by atoms with van der Waals surface area (Å²) < 4.78 is 6.39. The monoisotopic (exact) mass is 257 g/mol. The number of benzene rings is 1. The number of aromatic nitrogens is 1. The first-order valence-electron chi connectivity index (χ1n) is 5.94. The van der Waals surface area contributed by atoms with Gasteiger partial charge < -0.3 is 9.30 Å². The van der Waals surface area contributed by atoms with Crippen LogP contribution in [-0.2, 0) is 11.3 Å². The molecular weight excluding hydrogens is 242 g/mol. The third-order valence-corrected chi connectivity index (χ3v) is 3.00. The average molecular weight is 257 g/mol. The Kier molecular flexibility index (Phi) is 3.80. The Morgan fingerprint density at radius 3 is 2.53 bits per heavy atom. The molecule has 0 N–H and O–H groups in total. The topological polar surface area (TPSA) is 48.3 Å². The maximum absolute atomic E-state index is 11.5. The number of carbonyl (C=O) groups is 2. The summed E-state index contributed by atoms with van der Waals surface area (Å²) in [5, 5.41) is 0. The van der Waals surface area contributed by atoms with Gasteiger partial charge in [-0.15, -0.1) is 0 Å². The highest BCUT2D eigenvalue weighted by molar-refractivity contribution is 5.97. The Balaban J connectivity index is 2.30. The number of methoxy groups -OCH3 is 1. The zero-order valence-corrected chi connectivity index (χ0v) is 10.9. The van der Waals surface area contributed by atoms with E-state index in [1.54, 1.807) is 16.8 Å². The van der Waals surface area contributed by atoms with E-state index in [0.717, 1.165) is 5.56 Å². The van der Waals surface area contributed by atoms with Crippen molar-refractivity contribution in [3.8, 4) is 0 Å². The minimum atomic E-state index is -0.496. The van der Waals surface area contributed by atoms with Crippen molar-refractivity contribution < 1.29 is 14.3 Å². The molecule has 0 atom stereocenters. The minimum absolute atomic E-state index is 0.296. The van der Waals surface area contributed by atoms with E-state index in [2.05, 4.69) is 4.74 Å². The number of aldehydes is 1. The smallest absolute Gasteiger partial charge is 0.340 e. The quantitative estimate of drug-likeness (QED) is 0.624. The molecule has 0 aliphatic rings. The molecule has 0 saturated heterocycles. The molecule has 2 rings (SSSR count). The lowest BCUT2D eigenvalue weighted by atomic mass is 10.1. The average Bonchev–Trinajstić information content (AvgIpc) is 2.83. The number of rotatable bonds is 4. The summed E-state index contributed by atoms with van der Waals surface area (Å²) in [6, 6.07) is 9.63. The lowest BCUT2D eigenvalue weighted by Gasteiger charge is -2.07. The number of esters is 1. The van der Waals surface area contributed by atoms with Crippen LogP contribution in [0, 0.1) is 6.92 Å². The van der Waals surface area contributed by atoms with Crippen LogP contribution in [0.5, 0.6) is 0 Å². The number of nitrogens with zero attached hydrogens (tertiary/aromatic N) is 1. The van der Waals surface area contributed by atoms with Gasteiger partial charge in [0, 0.05) is 12.7 Å². The van der Waals surface area contributed by atoms with E-state index in [9.17, 15) is 9.59 Å². The first-order valence-corrected chi connectivity index (χ1v) is 5.94. The molecule has 0 radical (unpaired) electrons. The van der Waals surface area contributed by atoms with E-state index in [1.165, 1.54) is 12.7 Å². The van der Waals surface area contributed by atoms with Gasteiger partial charge in [0.05, 0.1) is 18.4 Å². The summed E-state index contributed by atoms with van der Waals surface area (Å²) in [4.78, 5) is 22.7. The molecule has 0 bridgehead atoms. The highest BCUT2D eigenvalue weighted by Gasteiger charge is 2.15.